The van der Waals surface area contributed by atoms with Crippen molar-refractivity contribution in [2.45, 2.75) is 13.1 Å². The van der Waals surface area contributed by atoms with Crippen molar-refractivity contribution in [2.75, 3.05) is 0 Å². The molecule has 0 fully saturated rings. The zero-order chi connectivity index (χ0) is 16.2. The monoisotopic (exact) mass is 317 g/mol. The van der Waals surface area contributed by atoms with Gasteiger partial charge in [-0.15, -0.1) is 0 Å². The zero-order valence-electron chi connectivity index (χ0n) is 11.9. The molecule has 0 spiro atoms. The summed E-state index contributed by atoms with van der Waals surface area (Å²) in [6.07, 6.45) is -2.80. The van der Waals surface area contributed by atoms with Crippen LogP contribution >= 0.6 is 0 Å². The van der Waals surface area contributed by atoms with Crippen LogP contribution in [0.25, 0.3) is 33.5 Å². The summed E-state index contributed by atoms with van der Waals surface area (Å²) in [5, 5.41) is 7.79. The summed E-state index contributed by atoms with van der Waals surface area (Å²) in [5.74, 6) is 0.470. The Morgan fingerprint density at radius 1 is 1.09 bits per heavy atom. The Bertz CT molecular complexity index is 1030. The maximum atomic E-state index is 12.7. The van der Waals surface area contributed by atoms with Gasteiger partial charge in [-0.2, -0.15) is 18.3 Å². The average molecular weight is 317 g/mol. The lowest BCUT2D eigenvalue weighted by Crippen LogP contribution is -2.07. The minimum Gasteiger partial charge on any atom is -0.337 e. The number of hydrogen-bond acceptors (Lipinski definition) is 3. The van der Waals surface area contributed by atoms with Gasteiger partial charge in [0, 0.05) is 10.9 Å². The van der Waals surface area contributed by atoms with E-state index in [0.717, 1.165) is 28.1 Å². The summed E-state index contributed by atoms with van der Waals surface area (Å²) in [4.78, 5) is 10.8. The Balaban J connectivity index is 1.87. The highest BCUT2D eigenvalue weighted by molar-refractivity contribution is 5.87. The molecule has 0 aliphatic rings. The van der Waals surface area contributed by atoms with Crippen LogP contribution in [0.1, 0.15) is 11.3 Å². The molecule has 2 N–H and O–H groups in total. The second-order valence-corrected chi connectivity index (χ2v) is 5.28. The molecule has 0 saturated heterocycles. The fourth-order valence-electron chi connectivity index (χ4n) is 2.56. The van der Waals surface area contributed by atoms with Crippen LogP contribution in [0.3, 0.4) is 0 Å². The van der Waals surface area contributed by atoms with E-state index in [2.05, 4.69) is 25.1 Å². The quantitative estimate of drug-likeness (QED) is 0.560. The molecule has 23 heavy (non-hydrogen) atoms. The van der Waals surface area contributed by atoms with Crippen molar-refractivity contribution in [3.05, 3.63) is 41.7 Å². The smallest absolute Gasteiger partial charge is 0.337 e. The van der Waals surface area contributed by atoms with Gasteiger partial charge in [-0.05, 0) is 36.8 Å². The van der Waals surface area contributed by atoms with Gasteiger partial charge in [0.15, 0.2) is 5.65 Å². The number of imidazole rings is 1. The van der Waals surface area contributed by atoms with Crippen LogP contribution in [0.2, 0.25) is 0 Å². The first kappa shape index (κ1) is 13.7. The minimum absolute atomic E-state index is 0.0415. The van der Waals surface area contributed by atoms with Gasteiger partial charge < -0.3 is 4.98 Å². The van der Waals surface area contributed by atoms with Gasteiger partial charge in [-0.25, -0.2) is 9.97 Å². The third-order valence-corrected chi connectivity index (χ3v) is 3.66. The molecule has 0 amide bonds. The molecule has 0 unspecified atom stereocenters. The van der Waals surface area contributed by atoms with E-state index in [-0.39, 0.29) is 5.65 Å². The van der Waals surface area contributed by atoms with Crippen molar-refractivity contribution >= 4 is 22.1 Å². The predicted molar refractivity (Wildman–Crippen MR) is 78.7 cm³/mol. The fraction of sp³-hybridized carbons (Fsp3) is 0.133. The van der Waals surface area contributed by atoms with E-state index >= 15 is 0 Å². The SMILES string of the molecule is Cc1cc(-c2nc3nc(C(F)(F)F)ccc3[nH]2)cc2cn[nH]c12. The van der Waals surface area contributed by atoms with Gasteiger partial charge in [-0.1, -0.05) is 0 Å². The molecule has 0 atom stereocenters. The number of nitrogens with one attached hydrogen (secondary N) is 2. The van der Waals surface area contributed by atoms with Crippen molar-refractivity contribution in [1.29, 1.82) is 0 Å². The Morgan fingerprint density at radius 2 is 1.91 bits per heavy atom. The number of aromatic nitrogens is 5. The molecular weight excluding hydrogens is 307 g/mol. The topological polar surface area (TPSA) is 70.2 Å². The van der Waals surface area contributed by atoms with Crippen LogP contribution in [0, 0.1) is 6.92 Å². The molecule has 116 valence electrons. The highest BCUT2D eigenvalue weighted by atomic mass is 19.4. The van der Waals surface area contributed by atoms with Crippen molar-refractivity contribution in [1.82, 2.24) is 25.1 Å². The molecule has 0 aliphatic carbocycles. The van der Waals surface area contributed by atoms with Crippen LogP contribution in [0.5, 0.6) is 0 Å². The molecule has 5 nitrogen and oxygen atoms in total. The van der Waals surface area contributed by atoms with Crippen LogP contribution in [0.4, 0.5) is 13.2 Å². The predicted octanol–water partition coefficient (Wildman–Crippen LogP) is 3.83. The number of alkyl halides is 3. The molecular formula is C15H10F3N5. The lowest BCUT2D eigenvalue weighted by Gasteiger charge is -2.03. The molecule has 8 heteroatoms. The number of rotatable bonds is 1. The van der Waals surface area contributed by atoms with E-state index in [0.29, 0.717) is 11.3 Å². The number of H-pyrrole nitrogens is 2. The van der Waals surface area contributed by atoms with E-state index in [1.807, 2.05) is 19.1 Å². The average Bonchev–Trinajstić information content (AvgIpc) is 3.11. The molecule has 0 saturated carbocycles. The van der Waals surface area contributed by atoms with E-state index in [1.54, 1.807) is 6.20 Å². The lowest BCUT2D eigenvalue weighted by molar-refractivity contribution is -0.141. The van der Waals surface area contributed by atoms with Crippen molar-refractivity contribution < 1.29 is 13.2 Å². The lowest BCUT2D eigenvalue weighted by atomic mass is 10.1. The van der Waals surface area contributed by atoms with Crippen LogP contribution in [0.15, 0.2) is 30.5 Å². The second kappa shape index (κ2) is 4.55. The minimum atomic E-state index is -4.49. The number of aryl methyl sites for hydroxylation is 1. The van der Waals surface area contributed by atoms with E-state index < -0.39 is 11.9 Å². The number of halogens is 3. The Morgan fingerprint density at radius 3 is 2.70 bits per heavy atom. The normalized spacial score (nSPS) is 12.3. The number of pyridine rings is 1. The van der Waals surface area contributed by atoms with Crippen LogP contribution < -0.4 is 0 Å². The summed E-state index contributed by atoms with van der Waals surface area (Å²) < 4.78 is 38.2. The highest BCUT2D eigenvalue weighted by Gasteiger charge is 2.32. The fourth-order valence-corrected chi connectivity index (χ4v) is 2.56. The standard InChI is InChI=1S/C15H10F3N5/c1-7-4-8(5-9-6-19-23-12(7)9)13-20-10-2-3-11(15(16,17)18)21-14(10)22-13/h2-6H,1H3,(H,19,23)(H,20,21,22). The first-order valence-corrected chi connectivity index (χ1v) is 6.80. The molecule has 1 aromatic carbocycles. The molecule has 3 aromatic heterocycles. The molecule has 0 bridgehead atoms. The first-order chi connectivity index (χ1) is 10.9. The summed E-state index contributed by atoms with van der Waals surface area (Å²) in [6.45, 7) is 1.92. The molecule has 0 radical (unpaired) electrons. The second-order valence-electron chi connectivity index (χ2n) is 5.28. The number of hydrogen-bond donors (Lipinski definition) is 2. The Hall–Kier alpha value is -2.90. The first-order valence-electron chi connectivity index (χ1n) is 6.80. The van der Waals surface area contributed by atoms with Gasteiger partial charge in [0.2, 0.25) is 0 Å². The maximum Gasteiger partial charge on any atom is 0.433 e. The van der Waals surface area contributed by atoms with Crippen molar-refractivity contribution in [3.63, 3.8) is 0 Å². The van der Waals surface area contributed by atoms with Gasteiger partial charge in [0.05, 0.1) is 17.2 Å². The van der Waals surface area contributed by atoms with Crippen LogP contribution in [-0.4, -0.2) is 25.1 Å². The van der Waals surface area contributed by atoms with E-state index in [4.69, 9.17) is 0 Å². The van der Waals surface area contributed by atoms with Crippen molar-refractivity contribution in [3.8, 4) is 11.4 Å². The van der Waals surface area contributed by atoms with Gasteiger partial charge in [0.1, 0.15) is 11.5 Å². The summed E-state index contributed by atoms with van der Waals surface area (Å²) in [5.41, 5.74) is 2.20. The van der Waals surface area contributed by atoms with Crippen molar-refractivity contribution in [2.24, 2.45) is 0 Å². The third kappa shape index (κ3) is 2.23. The van der Waals surface area contributed by atoms with Gasteiger partial charge in [0.25, 0.3) is 0 Å². The van der Waals surface area contributed by atoms with Crippen LogP contribution in [-0.2, 0) is 6.18 Å². The molecule has 4 aromatic rings. The molecule has 4 rings (SSSR count). The highest BCUT2D eigenvalue weighted by Crippen LogP contribution is 2.30. The summed E-state index contributed by atoms with van der Waals surface area (Å²) >= 11 is 0. The molecule has 0 aliphatic heterocycles. The summed E-state index contributed by atoms with van der Waals surface area (Å²) in [7, 11) is 0. The maximum absolute atomic E-state index is 12.7. The third-order valence-electron chi connectivity index (χ3n) is 3.66. The van der Waals surface area contributed by atoms with Gasteiger partial charge >= 0.3 is 6.18 Å². The Labute approximate surface area is 127 Å². The summed E-state index contributed by atoms with van der Waals surface area (Å²) in [6, 6.07) is 6.04. The molecule has 3 heterocycles. The van der Waals surface area contributed by atoms with E-state index in [9.17, 15) is 13.2 Å². The largest absolute Gasteiger partial charge is 0.433 e. The zero-order valence-corrected chi connectivity index (χ0v) is 11.9. The number of aromatic amines is 2. The number of benzene rings is 1. The van der Waals surface area contributed by atoms with Gasteiger partial charge in [-0.3, -0.25) is 5.10 Å². The Kier molecular flexibility index (Phi) is 2.72. The van der Waals surface area contributed by atoms with E-state index in [1.165, 1.54) is 6.07 Å². The number of nitrogens with zero attached hydrogens (tertiary/aromatic N) is 3. The number of fused-ring (bicyclic) bond motifs is 2.